The first kappa shape index (κ1) is 13.1. The van der Waals surface area contributed by atoms with Crippen LogP contribution in [-0.2, 0) is 12.0 Å². The molecular weight excluding hydrogens is 270 g/mol. The first-order chi connectivity index (χ1) is 9.54. The van der Waals surface area contributed by atoms with Crippen LogP contribution in [-0.4, -0.2) is 19.8 Å². The molecule has 0 aliphatic heterocycles. The van der Waals surface area contributed by atoms with E-state index in [1.54, 1.807) is 11.3 Å². The molecule has 0 aliphatic carbocycles. The van der Waals surface area contributed by atoms with E-state index in [1.807, 2.05) is 16.6 Å². The van der Waals surface area contributed by atoms with Crippen LogP contribution in [0.3, 0.4) is 0 Å². The van der Waals surface area contributed by atoms with Crippen molar-refractivity contribution in [1.82, 2.24) is 19.8 Å². The van der Waals surface area contributed by atoms with Gasteiger partial charge in [0.25, 0.3) is 0 Å². The molecule has 6 heteroatoms. The van der Waals surface area contributed by atoms with Crippen molar-refractivity contribution in [3.05, 3.63) is 40.3 Å². The zero-order chi connectivity index (χ0) is 14.2. The third kappa shape index (κ3) is 2.51. The Morgan fingerprint density at radius 3 is 2.75 bits per heavy atom. The van der Waals surface area contributed by atoms with E-state index in [0.29, 0.717) is 0 Å². The Bertz CT molecular complexity index is 709. The van der Waals surface area contributed by atoms with Gasteiger partial charge in [-0.25, -0.2) is 0 Å². The number of hydrogen-bond acceptors (Lipinski definition) is 5. The van der Waals surface area contributed by atoms with E-state index in [2.05, 4.69) is 58.9 Å². The Balaban J connectivity index is 1.89. The average molecular weight is 287 g/mol. The summed E-state index contributed by atoms with van der Waals surface area (Å²) in [5.74, 6) is 1.70. The van der Waals surface area contributed by atoms with Gasteiger partial charge in [0.2, 0.25) is 0 Å². The second-order valence-corrected chi connectivity index (χ2v) is 6.73. The first-order valence-electron chi connectivity index (χ1n) is 6.53. The summed E-state index contributed by atoms with van der Waals surface area (Å²) >= 11 is 1.73. The number of anilines is 1. The highest BCUT2D eigenvalue weighted by atomic mass is 32.1. The van der Waals surface area contributed by atoms with Gasteiger partial charge in [-0.1, -0.05) is 26.8 Å². The van der Waals surface area contributed by atoms with Crippen LogP contribution in [0.15, 0.2) is 29.6 Å². The number of rotatable bonds is 3. The SMILES string of the molecule is CC(C)(C)c1nnc2ccc(NCc3cccs3)nn12. The van der Waals surface area contributed by atoms with Crippen molar-refractivity contribution >= 4 is 22.8 Å². The van der Waals surface area contributed by atoms with Gasteiger partial charge >= 0.3 is 0 Å². The highest BCUT2D eigenvalue weighted by Gasteiger charge is 2.21. The third-order valence-corrected chi connectivity index (χ3v) is 3.83. The van der Waals surface area contributed by atoms with E-state index in [9.17, 15) is 0 Å². The van der Waals surface area contributed by atoms with E-state index >= 15 is 0 Å². The summed E-state index contributed by atoms with van der Waals surface area (Å²) in [4.78, 5) is 1.28. The lowest BCUT2D eigenvalue weighted by Gasteiger charge is -2.15. The van der Waals surface area contributed by atoms with E-state index < -0.39 is 0 Å². The fraction of sp³-hybridized carbons (Fsp3) is 0.357. The quantitative estimate of drug-likeness (QED) is 0.804. The van der Waals surface area contributed by atoms with Gasteiger partial charge in [-0.3, -0.25) is 0 Å². The minimum absolute atomic E-state index is 0.0845. The number of hydrogen-bond donors (Lipinski definition) is 1. The van der Waals surface area contributed by atoms with Gasteiger partial charge in [-0.15, -0.1) is 26.6 Å². The number of nitrogens with zero attached hydrogens (tertiary/aromatic N) is 4. The Kier molecular flexibility index (Phi) is 3.17. The minimum Gasteiger partial charge on any atom is -0.364 e. The van der Waals surface area contributed by atoms with Gasteiger partial charge in [-0.05, 0) is 23.6 Å². The molecule has 0 aliphatic rings. The summed E-state index contributed by atoms with van der Waals surface area (Å²) in [5.41, 5.74) is 0.690. The monoisotopic (exact) mass is 287 g/mol. The van der Waals surface area contributed by atoms with Gasteiger partial charge in [0, 0.05) is 10.3 Å². The van der Waals surface area contributed by atoms with E-state index in [-0.39, 0.29) is 5.41 Å². The van der Waals surface area contributed by atoms with Crippen LogP contribution in [0.1, 0.15) is 31.5 Å². The van der Waals surface area contributed by atoms with Crippen LogP contribution >= 0.6 is 11.3 Å². The van der Waals surface area contributed by atoms with E-state index in [1.165, 1.54) is 4.88 Å². The van der Waals surface area contributed by atoms with Crippen LogP contribution in [0, 0.1) is 0 Å². The molecule has 0 saturated heterocycles. The van der Waals surface area contributed by atoms with Crippen LogP contribution in [0.5, 0.6) is 0 Å². The molecule has 1 N–H and O–H groups in total. The predicted octanol–water partition coefficient (Wildman–Crippen LogP) is 3.10. The van der Waals surface area contributed by atoms with Gasteiger partial charge in [0.15, 0.2) is 11.5 Å². The van der Waals surface area contributed by atoms with Crippen molar-refractivity contribution < 1.29 is 0 Å². The Morgan fingerprint density at radius 2 is 2.05 bits per heavy atom. The van der Waals surface area contributed by atoms with Crippen molar-refractivity contribution in [2.75, 3.05) is 5.32 Å². The third-order valence-electron chi connectivity index (χ3n) is 2.96. The molecule has 0 unspecified atom stereocenters. The molecule has 0 radical (unpaired) electrons. The van der Waals surface area contributed by atoms with E-state index in [4.69, 9.17) is 0 Å². The van der Waals surface area contributed by atoms with Crippen molar-refractivity contribution in [2.45, 2.75) is 32.7 Å². The molecule has 20 heavy (non-hydrogen) atoms. The van der Waals surface area contributed by atoms with Crippen LogP contribution in [0.4, 0.5) is 5.82 Å². The van der Waals surface area contributed by atoms with Crippen LogP contribution < -0.4 is 5.32 Å². The van der Waals surface area contributed by atoms with Gasteiger partial charge in [0.1, 0.15) is 5.82 Å². The lowest BCUT2D eigenvalue weighted by Crippen LogP contribution is -2.17. The Labute approximate surface area is 121 Å². The molecule has 3 rings (SSSR count). The summed E-state index contributed by atoms with van der Waals surface area (Å²) in [7, 11) is 0. The van der Waals surface area contributed by atoms with Crippen LogP contribution in [0.2, 0.25) is 0 Å². The maximum absolute atomic E-state index is 4.59. The van der Waals surface area contributed by atoms with Gasteiger partial charge in [-0.2, -0.15) is 4.52 Å². The fourth-order valence-electron chi connectivity index (χ4n) is 1.94. The molecule has 0 saturated carbocycles. The molecule has 0 fully saturated rings. The van der Waals surface area contributed by atoms with Gasteiger partial charge in [0.05, 0.1) is 6.54 Å². The summed E-state index contributed by atoms with van der Waals surface area (Å²) in [6.45, 7) is 7.10. The molecule has 0 atom stereocenters. The number of fused-ring (bicyclic) bond motifs is 1. The molecular formula is C14H17N5S. The first-order valence-corrected chi connectivity index (χ1v) is 7.41. The average Bonchev–Trinajstić information content (AvgIpc) is 3.04. The van der Waals surface area contributed by atoms with Gasteiger partial charge < -0.3 is 5.32 Å². The lowest BCUT2D eigenvalue weighted by molar-refractivity contribution is 0.527. The highest BCUT2D eigenvalue weighted by molar-refractivity contribution is 7.09. The number of nitrogens with one attached hydrogen (secondary N) is 1. The number of thiophene rings is 1. The highest BCUT2D eigenvalue weighted by Crippen LogP contribution is 2.21. The zero-order valence-corrected chi connectivity index (χ0v) is 12.6. The second kappa shape index (κ2) is 4.86. The lowest BCUT2D eigenvalue weighted by atomic mass is 9.96. The summed E-state index contributed by atoms with van der Waals surface area (Å²) in [5, 5.41) is 18.4. The molecule has 5 nitrogen and oxygen atoms in total. The van der Waals surface area contributed by atoms with Crippen LogP contribution in [0.25, 0.3) is 5.65 Å². The predicted molar refractivity (Wildman–Crippen MR) is 81.1 cm³/mol. The Hall–Kier alpha value is -1.95. The molecule has 104 valence electrons. The minimum atomic E-state index is -0.0845. The Morgan fingerprint density at radius 1 is 1.20 bits per heavy atom. The molecule has 0 amide bonds. The van der Waals surface area contributed by atoms with Crippen molar-refractivity contribution in [2.24, 2.45) is 0 Å². The standard InChI is InChI=1S/C14H17N5S/c1-14(2,3)13-17-16-12-7-6-11(18-19(12)13)15-9-10-5-4-8-20-10/h4-8H,9H2,1-3H3,(H,15,18). The number of aromatic nitrogens is 4. The summed E-state index contributed by atoms with van der Waals surface area (Å²) < 4.78 is 1.82. The molecule has 0 aromatic carbocycles. The normalized spacial score (nSPS) is 11.9. The van der Waals surface area contributed by atoms with E-state index in [0.717, 1.165) is 23.8 Å². The maximum atomic E-state index is 4.59. The second-order valence-electron chi connectivity index (χ2n) is 5.70. The zero-order valence-electron chi connectivity index (χ0n) is 11.8. The topological polar surface area (TPSA) is 55.1 Å². The molecule has 0 bridgehead atoms. The molecule has 3 heterocycles. The molecule has 0 spiro atoms. The fourth-order valence-corrected chi connectivity index (χ4v) is 2.59. The summed E-state index contributed by atoms with van der Waals surface area (Å²) in [6.07, 6.45) is 0. The molecule has 3 aromatic rings. The van der Waals surface area contributed by atoms with Crippen molar-refractivity contribution in [3.8, 4) is 0 Å². The van der Waals surface area contributed by atoms with Crippen molar-refractivity contribution in [3.63, 3.8) is 0 Å². The maximum Gasteiger partial charge on any atom is 0.178 e. The largest absolute Gasteiger partial charge is 0.364 e. The van der Waals surface area contributed by atoms with Crippen molar-refractivity contribution in [1.29, 1.82) is 0 Å². The smallest absolute Gasteiger partial charge is 0.178 e. The molecule has 3 aromatic heterocycles. The summed E-state index contributed by atoms with van der Waals surface area (Å²) in [6, 6.07) is 8.03.